The van der Waals surface area contributed by atoms with Gasteiger partial charge in [0.1, 0.15) is 17.3 Å². The van der Waals surface area contributed by atoms with Crippen LogP contribution in [0.1, 0.15) is 22.1 Å². The fourth-order valence-corrected chi connectivity index (χ4v) is 3.63. The maximum Gasteiger partial charge on any atom is 0.289 e. The smallest absolute Gasteiger partial charge is 0.289 e. The lowest BCUT2D eigenvalue weighted by atomic mass is 10.2. The number of amides is 2. The molecule has 4 rings (SSSR count). The van der Waals surface area contributed by atoms with Gasteiger partial charge in [0, 0.05) is 36.8 Å². The van der Waals surface area contributed by atoms with Crippen LogP contribution < -0.4 is 5.32 Å². The van der Waals surface area contributed by atoms with Crippen LogP contribution in [-0.2, 0) is 11.3 Å². The minimum absolute atomic E-state index is 0.0779. The number of nitrogens with one attached hydrogen (secondary N) is 1. The number of piperazine rings is 1. The Labute approximate surface area is 185 Å². The maximum absolute atomic E-state index is 12.4. The molecule has 7 nitrogen and oxygen atoms in total. The number of halogens is 1. The average molecular weight is 442 g/mol. The van der Waals surface area contributed by atoms with Crippen molar-refractivity contribution in [1.29, 1.82) is 0 Å². The van der Waals surface area contributed by atoms with Crippen molar-refractivity contribution in [2.24, 2.45) is 0 Å². The summed E-state index contributed by atoms with van der Waals surface area (Å²) in [6.45, 7) is 4.83. The molecule has 162 valence electrons. The highest BCUT2D eigenvalue weighted by Crippen LogP contribution is 2.23. The van der Waals surface area contributed by atoms with Gasteiger partial charge in [0.15, 0.2) is 5.76 Å². The van der Waals surface area contributed by atoms with Crippen LogP contribution in [0.15, 0.2) is 57.4 Å². The summed E-state index contributed by atoms with van der Waals surface area (Å²) in [5.41, 5.74) is 0.930. The lowest BCUT2D eigenvalue weighted by Crippen LogP contribution is -2.51. The standard InChI is InChI=1S/C23H24ClN3O4/c1-16-2-8-21(30-16)23(29)27-12-10-26(11-13-27)15-22(28)25-14-19-7-9-20(31-19)17-3-5-18(24)6-4-17/h2-9H,10-15H2,1H3,(H,25,28). The van der Waals surface area contributed by atoms with Gasteiger partial charge >= 0.3 is 0 Å². The molecule has 0 radical (unpaired) electrons. The van der Waals surface area contributed by atoms with Crippen LogP contribution in [0.25, 0.3) is 11.3 Å². The number of carbonyl (C=O) groups excluding carboxylic acids is 2. The number of nitrogens with zero attached hydrogens (tertiary/aromatic N) is 2. The summed E-state index contributed by atoms with van der Waals surface area (Å²) in [4.78, 5) is 28.6. The number of carbonyl (C=O) groups is 2. The molecule has 2 amide bonds. The van der Waals surface area contributed by atoms with E-state index in [1.54, 1.807) is 17.0 Å². The Bertz CT molecular complexity index is 1050. The average Bonchev–Trinajstić information content (AvgIpc) is 3.42. The normalized spacial score (nSPS) is 14.6. The molecule has 0 aliphatic carbocycles. The minimum Gasteiger partial charge on any atom is -0.459 e. The first-order valence-corrected chi connectivity index (χ1v) is 10.5. The van der Waals surface area contributed by atoms with Gasteiger partial charge < -0.3 is 19.1 Å². The second-order valence-electron chi connectivity index (χ2n) is 7.53. The molecule has 0 saturated carbocycles. The molecule has 0 unspecified atom stereocenters. The van der Waals surface area contributed by atoms with Gasteiger partial charge in [-0.3, -0.25) is 14.5 Å². The molecule has 1 aliphatic rings. The Morgan fingerprint density at radius 3 is 2.39 bits per heavy atom. The van der Waals surface area contributed by atoms with E-state index in [9.17, 15) is 9.59 Å². The highest BCUT2D eigenvalue weighted by molar-refractivity contribution is 6.30. The van der Waals surface area contributed by atoms with E-state index >= 15 is 0 Å². The third-order valence-corrected chi connectivity index (χ3v) is 5.48. The second kappa shape index (κ2) is 9.41. The van der Waals surface area contributed by atoms with Gasteiger partial charge in [-0.1, -0.05) is 11.6 Å². The summed E-state index contributed by atoms with van der Waals surface area (Å²) in [7, 11) is 0. The van der Waals surface area contributed by atoms with Crippen molar-refractivity contribution in [1.82, 2.24) is 15.1 Å². The number of rotatable bonds is 6. The topological polar surface area (TPSA) is 78.9 Å². The first-order valence-electron chi connectivity index (χ1n) is 10.2. The predicted molar refractivity (Wildman–Crippen MR) is 117 cm³/mol. The fourth-order valence-electron chi connectivity index (χ4n) is 3.50. The molecule has 1 saturated heterocycles. The van der Waals surface area contributed by atoms with Crippen LogP contribution in [0.5, 0.6) is 0 Å². The van der Waals surface area contributed by atoms with Crippen LogP contribution in [0, 0.1) is 6.92 Å². The molecule has 2 aromatic heterocycles. The van der Waals surface area contributed by atoms with Gasteiger partial charge in [0.25, 0.3) is 5.91 Å². The quantitative estimate of drug-likeness (QED) is 0.632. The van der Waals surface area contributed by atoms with Crippen LogP contribution >= 0.6 is 11.6 Å². The third kappa shape index (κ3) is 5.37. The summed E-state index contributed by atoms with van der Waals surface area (Å²) in [5.74, 6) is 2.31. The predicted octanol–water partition coefficient (Wildman–Crippen LogP) is 3.58. The first-order chi connectivity index (χ1) is 15.0. The Morgan fingerprint density at radius 1 is 0.968 bits per heavy atom. The Morgan fingerprint density at radius 2 is 1.71 bits per heavy atom. The highest BCUT2D eigenvalue weighted by atomic mass is 35.5. The maximum atomic E-state index is 12.4. The first kappa shape index (κ1) is 21.2. The van der Waals surface area contributed by atoms with E-state index in [0.717, 1.165) is 17.1 Å². The molecule has 8 heteroatoms. The Hall–Kier alpha value is -3.03. The highest BCUT2D eigenvalue weighted by Gasteiger charge is 2.25. The molecule has 31 heavy (non-hydrogen) atoms. The summed E-state index contributed by atoms with van der Waals surface area (Å²) in [5, 5.41) is 3.56. The number of hydrogen-bond donors (Lipinski definition) is 1. The van der Waals surface area contributed by atoms with E-state index in [2.05, 4.69) is 5.32 Å². The van der Waals surface area contributed by atoms with Crippen LogP contribution in [0.4, 0.5) is 0 Å². The van der Waals surface area contributed by atoms with Gasteiger partial charge in [-0.15, -0.1) is 0 Å². The molecule has 1 fully saturated rings. The summed E-state index contributed by atoms with van der Waals surface area (Å²) < 4.78 is 11.2. The van der Waals surface area contributed by atoms with Crippen molar-refractivity contribution in [3.05, 3.63) is 70.8 Å². The molecule has 1 N–H and O–H groups in total. The molecule has 0 atom stereocenters. The summed E-state index contributed by atoms with van der Waals surface area (Å²) in [6, 6.07) is 14.6. The van der Waals surface area contributed by atoms with Crippen molar-refractivity contribution < 1.29 is 18.4 Å². The Balaban J connectivity index is 1.21. The molecule has 0 bridgehead atoms. The molecule has 0 spiro atoms. The SMILES string of the molecule is Cc1ccc(C(=O)N2CCN(CC(=O)NCc3ccc(-c4ccc(Cl)cc4)o3)CC2)o1. The van der Waals surface area contributed by atoms with Crippen molar-refractivity contribution in [3.8, 4) is 11.3 Å². The number of aryl methyl sites for hydroxylation is 1. The van der Waals surface area contributed by atoms with Crippen molar-refractivity contribution >= 4 is 23.4 Å². The van der Waals surface area contributed by atoms with Crippen molar-refractivity contribution in [2.45, 2.75) is 13.5 Å². The zero-order chi connectivity index (χ0) is 21.8. The van der Waals surface area contributed by atoms with Gasteiger partial charge in [-0.2, -0.15) is 0 Å². The number of hydrogen-bond acceptors (Lipinski definition) is 5. The third-order valence-electron chi connectivity index (χ3n) is 5.23. The lowest BCUT2D eigenvalue weighted by molar-refractivity contribution is -0.122. The fraction of sp³-hybridized carbons (Fsp3) is 0.304. The van der Waals surface area contributed by atoms with E-state index < -0.39 is 0 Å². The van der Waals surface area contributed by atoms with Gasteiger partial charge in [-0.25, -0.2) is 0 Å². The van der Waals surface area contributed by atoms with Crippen molar-refractivity contribution in [3.63, 3.8) is 0 Å². The van der Waals surface area contributed by atoms with E-state index in [4.69, 9.17) is 20.4 Å². The van der Waals surface area contributed by atoms with Crippen LogP contribution in [-0.4, -0.2) is 54.3 Å². The van der Waals surface area contributed by atoms with Crippen LogP contribution in [0.2, 0.25) is 5.02 Å². The van der Waals surface area contributed by atoms with E-state index in [-0.39, 0.29) is 18.4 Å². The van der Waals surface area contributed by atoms with Gasteiger partial charge in [-0.05, 0) is 55.5 Å². The monoisotopic (exact) mass is 441 g/mol. The van der Waals surface area contributed by atoms with Gasteiger partial charge in [0.05, 0.1) is 13.1 Å². The van der Waals surface area contributed by atoms with Gasteiger partial charge in [0.2, 0.25) is 5.91 Å². The zero-order valence-electron chi connectivity index (χ0n) is 17.3. The molecular formula is C23H24ClN3O4. The van der Waals surface area contributed by atoms with E-state index in [1.165, 1.54) is 0 Å². The van der Waals surface area contributed by atoms with Crippen molar-refractivity contribution in [2.75, 3.05) is 32.7 Å². The van der Waals surface area contributed by atoms with Crippen LogP contribution in [0.3, 0.4) is 0 Å². The molecule has 3 heterocycles. The molecule has 1 aromatic carbocycles. The van der Waals surface area contributed by atoms with E-state index in [1.807, 2.05) is 48.2 Å². The number of furan rings is 2. The Kier molecular flexibility index (Phi) is 6.44. The lowest BCUT2D eigenvalue weighted by Gasteiger charge is -2.33. The largest absolute Gasteiger partial charge is 0.459 e. The zero-order valence-corrected chi connectivity index (χ0v) is 18.0. The second-order valence-corrected chi connectivity index (χ2v) is 7.96. The van der Waals surface area contributed by atoms with E-state index in [0.29, 0.717) is 49.3 Å². The summed E-state index contributed by atoms with van der Waals surface area (Å²) >= 11 is 5.92. The molecule has 1 aliphatic heterocycles. The summed E-state index contributed by atoms with van der Waals surface area (Å²) in [6.07, 6.45) is 0. The molecular weight excluding hydrogens is 418 g/mol. The number of benzene rings is 1. The minimum atomic E-state index is -0.105. The molecule has 3 aromatic rings.